The van der Waals surface area contributed by atoms with Crippen molar-refractivity contribution in [3.8, 4) is 22.9 Å². The largest absolute Gasteiger partial charge is 0.493 e. The van der Waals surface area contributed by atoms with Crippen LogP contribution in [-0.2, 0) is 12.8 Å². The smallest absolute Gasteiger partial charge is 0.416 e. The molecule has 11 heteroatoms. The predicted molar refractivity (Wildman–Crippen MR) is 113 cm³/mol. The highest BCUT2D eigenvalue weighted by atomic mass is 19.4. The van der Waals surface area contributed by atoms with Crippen molar-refractivity contribution in [3.63, 3.8) is 0 Å². The molecule has 1 aliphatic heterocycles. The van der Waals surface area contributed by atoms with Gasteiger partial charge in [0.15, 0.2) is 17.5 Å². The third-order valence-electron chi connectivity index (χ3n) is 5.39. The van der Waals surface area contributed by atoms with E-state index in [0.717, 1.165) is 25.0 Å². The molecule has 4 rings (SSSR count). The first-order chi connectivity index (χ1) is 15.8. The van der Waals surface area contributed by atoms with E-state index in [1.807, 2.05) is 0 Å². The SMILES string of the molecule is COc1cc(-c2noc([C@@H]3CCCN3C(=N)N)n2)ccc1OCc1ccc(C(F)(F)F)cc1. The van der Waals surface area contributed by atoms with Gasteiger partial charge in [-0.1, -0.05) is 17.3 Å². The fraction of sp³-hybridized carbons (Fsp3) is 0.318. The third-order valence-corrected chi connectivity index (χ3v) is 5.39. The summed E-state index contributed by atoms with van der Waals surface area (Å²) in [7, 11) is 1.48. The maximum Gasteiger partial charge on any atom is 0.416 e. The number of ether oxygens (including phenoxy) is 2. The average molecular weight is 461 g/mol. The number of aromatic nitrogens is 2. The standard InChI is InChI=1S/C22H22F3N5O3/c1-31-18-11-14(19-28-20(33-29-19)16-3-2-10-30(16)21(26)27)6-9-17(18)32-12-13-4-7-15(8-5-13)22(23,24)25/h4-9,11,16H,2-3,10,12H2,1H3,(H3,26,27)/t16-/m0/s1. The molecule has 0 aliphatic carbocycles. The van der Waals surface area contributed by atoms with Crippen LogP contribution < -0.4 is 15.2 Å². The molecule has 3 N–H and O–H groups in total. The fourth-order valence-corrected chi connectivity index (χ4v) is 3.68. The lowest BCUT2D eigenvalue weighted by Crippen LogP contribution is -2.35. The van der Waals surface area contributed by atoms with Crippen molar-refractivity contribution < 1.29 is 27.2 Å². The van der Waals surface area contributed by atoms with Gasteiger partial charge in [-0.15, -0.1) is 0 Å². The van der Waals surface area contributed by atoms with Crippen LogP contribution in [0.25, 0.3) is 11.4 Å². The topological polar surface area (TPSA) is 110 Å². The molecule has 0 saturated carbocycles. The molecule has 33 heavy (non-hydrogen) atoms. The molecule has 0 unspecified atom stereocenters. The molecule has 0 radical (unpaired) electrons. The zero-order chi connectivity index (χ0) is 23.6. The number of hydrogen-bond acceptors (Lipinski definition) is 6. The average Bonchev–Trinajstić information content (AvgIpc) is 3.47. The molecule has 0 bridgehead atoms. The highest BCUT2D eigenvalue weighted by molar-refractivity contribution is 5.75. The second-order valence-corrected chi connectivity index (χ2v) is 7.54. The molecule has 1 saturated heterocycles. The van der Waals surface area contributed by atoms with Gasteiger partial charge in [-0.3, -0.25) is 5.41 Å². The van der Waals surface area contributed by atoms with E-state index in [2.05, 4.69) is 10.1 Å². The maximum absolute atomic E-state index is 12.7. The van der Waals surface area contributed by atoms with E-state index in [0.29, 0.717) is 40.9 Å². The lowest BCUT2D eigenvalue weighted by Gasteiger charge is -2.21. The van der Waals surface area contributed by atoms with Gasteiger partial charge in [-0.25, -0.2) is 0 Å². The Balaban J connectivity index is 1.47. The molecule has 2 aromatic carbocycles. The molecule has 8 nitrogen and oxygen atoms in total. The van der Waals surface area contributed by atoms with Crippen LogP contribution >= 0.6 is 0 Å². The van der Waals surface area contributed by atoms with Crippen molar-refractivity contribution in [3.05, 3.63) is 59.5 Å². The van der Waals surface area contributed by atoms with E-state index >= 15 is 0 Å². The van der Waals surface area contributed by atoms with Gasteiger partial charge in [0.2, 0.25) is 11.7 Å². The highest BCUT2D eigenvalue weighted by Gasteiger charge is 2.32. The van der Waals surface area contributed by atoms with Gasteiger partial charge in [-0.2, -0.15) is 18.2 Å². The Morgan fingerprint density at radius 2 is 1.97 bits per heavy atom. The summed E-state index contributed by atoms with van der Waals surface area (Å²) in [5, 5.41) is 11.7. The minimum Gasteiger partial charge on any atom is -0.493 e. The lowest BCUT2D eigenvalue weighted by molar-refractivity contribution is -0.137. The van der Waals surface area contributed by atoms with Crippen LogP contribution in [0.4, 0.5) is 13.2 Å². The number of alkyl halides is 3. The van der Waals surface area contributed by atoms with E-state index in [-0.39, 0.29) is 18.6 Å². The summed E-state index contributed by atoms with van der Waals surface area (Å²) in [5.41, 5.74) is 6.14. The highest BCUT2D eigenvalue weighted by Crippen LogP contribution is 2.35. The zero-order valence-electron chi connectivity index (χ0n) is 17.7. The minimum absolute atomic E-state index is 0.0338. The molecule has 0 spiro atoms. The van der Waals surface area contributed by atoms with Crippen LogP contribution in [0.2, 0.25) is 0 Å². The number of halogens is 3. The van der Waals surface area contributed by atoms with Crippen molar-refractivity contribution >= 4 is 5.96 Å². The molecule has 174 valence electrons. The van der Waals surface area contributed by atoms with E-state index in [4.69, 9.17) is 25.1 Å². The fourth-order valence-electron chi connectivity index (χ4n) is 3.68. The summed E-state index contributed by atoms with van der Waals surface area (Å²) in [4.78, 5) is 6.18. The van der Waals surface area contributed by atoms with Gasteiger partial charge in [0, 0.05) is 12.1 Å². The van der Waals surface area contributed by atoms with Crippen LogP contribution in [0.5, 0.6) is 11.5 Å². The number of hydrogen-bond donors (Lipinski definition) is 2. The maximum atomic E-state index is 12.7. The first-order valence-electron chi connectivity index (χ1n) is 10.2. The first-order valence-corrected chi connectivity index (χ1v) is 10.2. The van der Waals surface area contributed by atoms with E-state index < -0.39 is 11.7 Å². The summed E-state index contributed by atoms with van der Waals surface area (Å²) in [6, 6.07) is 9.65. The van der Waals surface area contributed by atoms with Gasteiger partial charge in [0.05, 0.1) is 12.7 Å². The molecular formula is C22H22F3N5O3. The zero-order valence-corrected chi connectivity index (χ0v) is 17.7. The van der Waals surface area contributed by atoms with Gasteiger partial charge in [0.1, 0.15) is 12.6 Å². The molecule has 1 aliphatic rings. The Bertz CT molecular complexity index is 1130. The minimum atomic E-state index is -4.38. The molecule has 1 fully saturated rings. The van der Waals surface area contributed by atoms with Crippen LogP contribution in [0.1, 0.15) is 35.9 Å². The quantitative estimate of drug-likeness (QED) is 0.414. The van der Waals surface area contributed by atoms with Crippen molar-refractivity contribution in [2.75, 3.05) is 13.7 Å². The van der Waals surface area contributed by atoms with E-state index in [1.165, 1.54) is 19.2 Å². The number of rotatable bonds is 6. The van der Waals surface area contributed by atoms with Crippen molar-refractivity contribution in [1.29, 1.82) is 5.41 Å². The Morgan fingerprint density at radius 1 is 1.21 bits per heavy atom. The number of guanidine groups is 1. The number of nitrogens with two attached hydrogens (primary N) is 1. The number of likely N-dealkylation sites (tertiary alicyclic amines) is 1. The van der Waals surface area contributed by atoms with Gasteiger partial charge in [-0.05, 0) is 48.7 Å². The summed E-state index contributed by atoms with van der Waals surface area (Å²) < 4.78 is 54.7. The summed E-state index contributed by atoms with van der Waals surface area (Å²) >= 11 is 0. The Hall–Kier alpha value is -3.76. The normalized spacial score (nSPS) is 16.1. The molecule has 0 amide bonds. The first kappa shape index (κ1) is 22.4. The molecule has 1 atom stereocenters. The summed E-state index contributed by atoms with van der Waals surface area (Å²) in [6.07, 6.45) is -2.74. The van der Waals surface area contributed by atoms with E-state index in [1.54, 1.807) is 23.1 Å². The summed E-state index contributed by atoms with van der Waals surface area (Å²) in [5.74, 6) is 1.54. The number of benzene rings is 2. The number of nitrogens with zero attached hydrogens (tertiary/aromatic N) is 3. The number of nitrogens with one attached hydrogen (secondary N) is 1. The molecule has 2 heterocycles. The monoisotopic (exact) mass is 461 g/mol. The van der Waals surface area contributed by atoms with Crippen molar-refractivity contribution in [1.82, 2.24) is 15.0 Å². The van der Waals surface area contributed by atoms with Gasteiger partial charge >= 0.3 is 6.18 Å². The van der Waals surface area contributed by atoms with Crippen molar-refractivity contribution in [2.45, 2.75) is 31.7 Å². The number of methoxy groups -OCH3 is 1. The summed E-state index contributed by atoms with van der Waals surface area (Å²) in [6.45, 7) is 0.735. The molecule has 3 aromatic rings. The Labute approximate surface area is 187 Å². The second-order valence-electron chi connectivity index (χ2n) is 7.54. The van der Waals surface area contributed by atoms with E-state index in [9.17, 15) is 13.2 Å². The predicted octanol–water partition coefficient (Wildman–Crippen LogP) is 4.37. The third kappa shape index (κ3) is 4.86. The van der Waals surface area contributed by atoms with Crippen molar-refractivity contribution in [2.24, 2.45) is 5.73 Å². The molecule has 1 aromatic heterocycles. The van der Waals surface area contributed by atoms with Crippen LogP contribution in [0.15, 0.2) is 47.0 Å². The van der Waals surface area contributed by atoms with Gasteiger partial charge in [0.25, 0.3) is 0 Å². The Morgan fingerprint density at radius 3 is 2.64 bits per heavy atom. The van der Waals surface area contributed by atoms with Crippen LogP contribution in [-0.4, -0.2) is 34.7 Å². The Kier molecular flexibility index (Phi) is 6.12. The van der Waals surface area contributed by atoms with Gasteiger partial charge < -0.3 is 24.6 Å². The molecular weight excluding hydrogens is 439 g/mol. The van der Waals surface area contributed by atoms with Crippen LogP contribution in [0.3, 0.4) is 0 Å². The second kappa shape index (κ2) is 9.00. The van der Waals surface area contributed by atoms with Crippen LogP contribution in [0, 0.1) is 5.41 Å². The lowest BCUT2D eigenvalue weighted by atomic mass is 10.1.